The minimum atomic E-state index is 0.819. The number of hydrogen-bond donors (Lipinski definition) is 0. The van der Waals surface area contributed by atoms with Crippen molar-refractivity contribution in [3.8, 4) is 11.4 Å². The summed E-state index contributed by atoms with van der Waals surface area (Å²) in [5.41, 5.74) is 4.70. The van der Waals surface area contributed by atoms with Gasteiger partial charge in [-0.15, -0.1) is 0 Å². The predicted molar refractivity (Wildman–Crippen MR) is 97.2 cm³/mol. The number of fused-ring (bicyclic) bond motifs is 1. The molecule has 1 aromatic carbocycles. The summed E-state index contributed by atoms with van der Waals surface area (Å²) in [6.07, 6.45) is 4.87. The molecule has 0 unspecified atom stereocenters. The highest BCUT2D eigenvalue weighted by atomic mass is 79.9. The van der Waals surface area contributed by atoms with Gasteiger partial charge in [0, 0.05) is 49.6 Å². The highest BCUT2D eigenvalue weighted by molar-refractivity contribution is 9.10. The fraction of sp³-hybridized carbons (Fsp3) is 0.211. The molecule has 1 aliphatic heterocycles. The summed E-state index contributed by atoms with van der Waals surface area (Å²) in [7, 11) is 0. The van der Waals surface area contributed by atoms with Gasteiger partial charge in [-0.3, -0.25) is 4.90 Å². The summed E-state index contributed by atoms with van der Waals surface area (Å²) in [4.78, 5) is 16.1. The Hall–Kier alpha value is -2.11. The van der Waals surface area contributed by atoms with Crippen molar-refractivity contribution in [1.82, 2.24) is 19.9 Å². The van der Waals surface area contributed by atoms with Crippen LogP contribution in [-0.4, -0.2) is 26.4 Å². The zero-order valence-corrected chi connectivity index (χ0v) is 14.8. The molecule has 2 aromatic heterocycles. The van der Waals surface area contributed by atoms with Crippen molar-refractivity contribution in [2.75, 3.05) is 6.54 Å². The van der Waals surface area contributed by atoms with E-state index in [1.807, 2.05) is 36.7 Å². The summed E-state index contributed by atoms with van der Waals surface area (Å²) in [5, 5.41) is 0. The van der Waals surface area contributed by atoms with Crippen LogP contribution in [0.15, 0.2) is 59.5 Å². The lowest BCUT2D eigenvalue weighted by Gasteiger charge is -2.28. The number of halogens is 1. The average molecular weight is 381 g/mol. The molecule has 0 saturated carbocycles. The lowest BCUT2D eigenvalue weighted by molar-refractivity contribution is 0.242. The Morgan fingerprint density at radius 3 is 2.67 bits per heavy atom. The van der Waals surface area contributed by atoms with E-state index in [0.717, 1.165) is 42.0 Å². The molecule has 0 aliphatic carbocycles. The Morgan fingerprint density at radius 2 is 1.88 bits per heavy atom. The van der Waals surface area contributed by atoms with Crippen LogP contribution in [0, 0.1) is 0 Å². The minimum absolute atomic E-state index is 0.819. The van der Waals surface area contributed by atoms with E-state index in [1.165, 1.54) is 16.8 Å². The average Bonchev–Trinajstić information content (AvgIpc) is 2.64. The number of rotatable bonds is 3. The molecule has 4 rings (SSSR count). The molecular weight excluding hydrogens is 364 g/mol. The van der Waals surface area contributed by atoms with Crippen LogP contribution < -0.4 is 0 Å². The first-order chi connectivity index (χ1) is 11.8. The van der Waals surface area contributed by atoms with Crippen LogP contribution in [0.3, 0.4) is 0 Å². The van der Waals surface area contributed by atoms with Gasteiger partial charge in [-0.2, -0.15) is 0 Å². The lowest BCUT2D eigenvalue weighted by Crippen LogP contribution is -2.31. The van der Waals surface area contributed by atoms with E-state index >= 15 is 0 Å². The van der Waals surface area contributed by atoms with E-state index in [4.69, 9.17) is 4.98 Å². The zero-order valence-electron chi connectivity index (χ0n) is 13.2. The van der Waals surface area contributed by atoms with Crippen LogP contribution in [0.1, 0.15) is 16.8 Å². The Labute approximate surface area is 149 Å². The molecule has 0 fully saturated rings. The van der Waals surface area contributed by atoms with Crippen LogP contribution in [0.25, 0.3) is 11.4 Å². The first-order valence-electron chi connectivity index (χ1n) is 8.01. The molecule has 0 bridgehead atoms. The maximum absolute atomic E-state index is 4.78. The van der Waals surface area contributed by atoms with Crippen LogP contribution in [0.5, 0.6) is 0 Å². The molecule has 4 nitrogen and oxygen atoms in total. The van der Waals surface area contributed by atoms with E-state index in [9.17, 15) is 0 Å². The maximum atomic E-state index is 4.78. The largest absolute Gasteiger partial charge is 0.294 e. The van der Waals surface area contributed by atoms with Gasteiger partial charge in [-0.05, 0) is 27.6 Å². The zero-order chi connectivity index (χ0) is 16.4. The van der Waals surface area contributed by atoms with Gasteiger partial charge in [0.25, 0.3) is 0 Å². The van der Waals surface area contributed by atoms with Gasteiger partial charge in [-0.1, -0.05) is 36.4 Å². The Morgan fingerprint density at radius 1 is 1.00 bits per heavy atom. The van der Waals surface area contributed by atoms with Crippen LogP contribution >= 0.6 is 15.9 Å². The first-order valence-corrected chi connectivity index (χ1v) is 8.80. The monoisotopic (exact) mass is 380 g/mol. The van der Waals surface area contributed by atoms with Gasteiger partial charge >= 0.3 is 0 Å². The third-order valence-electron chi connectivity index (χ3n) is 4.24. The van der Waals surface area contributed by atoms with Gasteiger partial charge in [0.1, 0.15) is 4.60 Å². The summed E-state index contributed by atoms with van der Waals surface area (Å²) < 4.78 is 0.872. The predicted octanol–water partition coefficient (Wildman–Crippen LogP) is 3.86. The molecule has 0 saturated heterocycles. The van der Waals surface area contributed by atoms with Crippen molar-refractivity contribution in [3.05, 3.63) is 76.3 Å². The number of hydrogen-bond acceptors (Lipinski definition) is 4. The highest BCUT2D eigenvalue weighted by Crippen LogP contribution is 2.22. The summed E-state index contributed by atoms with van der Waals surface area (Å²) in [6, 6.07) is 14.3. The van der Waals surface area contributed by atoms with Crippen molar-refractivity contribution < 1.29 is 0 Å². The van der Waals surface area contributed by atoms with E-state index in [0.29, 0.717) is 0 Å². The Kier molecular flexibility index (Phi) is 4.36. The molecule has 3 heterocycles. The molecule has 0 atom stereocenters. The van der Waals surface area contributed by atoms with Crippen molar-refractivity contribution in [1.29, 1.82) is 0 Å². The topological polar surface area (TPSA) is 41.9 Å². The van der Waals surface area contributed by atoms with E-state index in [1.54, 1.807) is 0 Å². The third-order valence-corrected chi connectivity index (χ3v) is 4.71. The van der Waals surface area contributed by atoms with Gasteiger partial charge < -0.3 is 0 Å². The highest BCUT2D eigenvalue weighted by Gasteiger charge is 2.19. The molecule has 24 heavy (non-hydrogen) atoms. The van der Waals surface area contributed by atoms with Gasteiger partial charge in [0.2, 0.25) is 0 Å². The molecule has 1 aliphatic rings. The Bertz CT molecular complexity index is 834. The van der Waals surface area contributed by atoms with E-state index < -0.39 is 0 Å². The molecule has 0 amide bonds. The molecule has 0 N–H and O–H groups in total. The van der Waals surface area contributed by atoms with Gasteiger partial charge in [-0.25, -0.2) is 15.0 Å². The molecule has 120 valence electrons. The summed E-state index contributed by atoms with van der Waals surface area (Å²) >= 11 is 3.38. The summed E-state index contributed by atoms with van der Waals surface area (Å²) in [5.74, 6) is 0.819. The van der Waals surface area contributed by atoms with Gasteiger partial charge in [0.05, 0.1) is 5.69 Å². The molecule has 0 spiro atoms. The van der Waals surface area contributed by atoms with Crippen molar-refractivity contribution in [2.45, 2.75) is 19.5 Å². The van der Waals surface area contributed by atoms with Crippen molar-refractivity contribution in [3.63, 3.8) is 0 Å². The Balaban J connectivity index is 1.50. The number of pyridine rings is 1. The van der Waals surface area contributed by atoms with Crippen molar-refractivity contribution >= 4 is 15.9 Å². The van der Waals surface area contributed by atoms with Crippen LogP contribution in [0.4, 0.5) is 0 Å². The number of nitrogens with zero attached hydrogens (tertiary/aromatic N) is 4. The van der Waals surface area contributed by atoms with E-state index in [2.05, 4.69) is 49.0 Å². The normalized spacial score (nSPS) is 14.4. The standard InChI is InChI=1S/C19H17BrN4/c20-18-7-6-14(10-21-18)12-24-9-8-17-16(13-24)11-22-19(23-17)15-4-2-1-3-5-15/h1-7,10-11H,8-9,12-13H2. The smallest absolute Gasteiger partial charge is 0.159 e. The molecule has 3 aromatic rings. The number of benzene rings is 1. The lowest BCUT2D eigenvalue weighted by atomic mass is 10.1. The summed E-state index contributed by atoms with van der Waals surface area (Å²) in [6.45, 7) is 2.80. The van der Waals surface area contributed by atoms with Crippen molar-refractivity contribution in [2.24, 2.45) is 0 Å². The fourth-order valence-electron chi connectivity index (χ4n) is 2.99. The second-order valence-electron chi connectivity index (χ2n) is 5.98. The third kappa shape index (κ3) is 3.37. The minimum Gasteiger partial charge on any atom is -0.294 e. The molecule has 5 heteroatoms. The van der Waals surface area contributed by atoms with Crippen LogP contribution in [-0.2, 0) is 19.5 Å². The quantitative estimate of drug-likeness (QED) is 0.647. The van der Waals surface area contributed by atoms with E-state index in [-0.39, 0.29) is 0 Å². The molecule has 0 radical (unpaired) electrons. The van der Waals surface area contributed by atoms with Crippen LogP contribution in [0.2, 0.25) is 0 Å². The molecular formula is C19H17BrN4. The SMILES string of the molecule is Brc1ccc(CN2CCc3nc(-c4ccccc4)ncc3C2)cn1. The fourth-order valence-corrected chi connectivity index (χ4v) is 3.23. The van der Waals surface area contributed by atoms with Gasteiger partial charge in [0.15, 0.2) is 5.82 Å². The maximum Gasteiger partial charge on any atom is 0.159 e. The second-order valence-corrected chi connectivity index (χ2v) is 6.79. The first kappa shape index (κ1) is 15.4. The second kappa shape index (κ2) is 6.79. The number of aromatic nitrogens is 3.